The van der Waals surface area contributed by atoms with Crippen LogP contribution in [0.15, 0.2) is 18.5 Å². The van der Waals surface area contributed by atoms with E-state index in [-0.39, 0.29) is 12.4 Å². The number of nitrogens with two attached hydrogens (primary N) is 1. The molecule has 2 N–H and O–H groups in total. The quantitative estimate of drug-likeness (QED) is 0.885. The van der Waals surface area contributed by atoms with Gasteiger partial charge >= 0.3 is 0 Å². The number of rotatable bonds is 2. The van der Waals surface area contributed by atoms with Crippen LogP contribution in [-0.2, 0) is 6.54 Å². The van der Waals surface area contributed by atoms with Gasteiger partial charge in [-0.25, -0.2) is 0 Å². The molecule has 2 unspecified atom stereocenters. The van der Waals surface area contributed by atoms with Gasteiger partial charge in [-0.05, 0) is 17.5 Å². The summed E-state index contributed by atoms with van der Waals surface area (Å²) in [6.45, 7) is 5.08. The minimum atomic E-state index is 0. The largest absolute Gasteiger partial charge is 0.326 e. The molecule has 3 nitrogen and oxygen atoms in total. The normalized spacial score (nSPS) is 25.4. The molecule has 16 heavy (non-hydrogen) atoms. The summed E-state index contributed by atoms with van der Waals surface area (Å²) >= 11 is 6.06. The zero-order chi connectivity index (χ0) is 10.8. The second-order valence-corrected chi connectivity index (χ2v) is 4.71. The Bertz CT molecular complexity index is 336. The highest BCUT2D eigenvalue weighted by Gasteiger charge is 2.26. The van der Waals surface area contributed by atoms with Crippen molar-refractivity contribution >= 4 is 24.0 Å². The fourth-order valence-electron chi connectivity index (χ4n) is 2.00. The number of likely N-dealkylation sites (tertiary alicyclic amines) is 1. The molecule has 2 rings (SSSR count). The van der Waals surface area contributed by atoms with Crippen molar-refractivity contribution in [2.45, 2.75) is 19.5 Å². The molecule has 0 aliphatic carbocycles. The van der Waals surface area contributed by atoms with Crippen molar-refractivity contribution in [2.24, 2.45) is 11.7 Å². The molecule has 0 bridgehead atoms. The van der Waals surface area contributed by atoms with Crippen LogP contribution in [0.25, 0.3) is 0 Å². The Balaban J connectivity index is 0.00000128. The number of aromatic nitrogens is 1. The fraction of sp³-hybridized carbons (Fsp3) is 0.545. The Morgan fingerprint density at radius 3 is 2.88 bits per heavy atom. The Morgan fingerprint density at radius 2 is 2.31 bits per heavy atom. The lowest BCUT2D eigenvalue weighted by Crippen LogP contribution is -2.28. The first kappa shape index (κ1) is 13.7. The first-order chi connectivity index (χ1) is 7.16. The van der Waals surface area contributed by atoms with Gasteiger partial charge in [-0.15, -0.1) is 12.4 Å². The van der Waals surface area contributed by atoms with Crippen molar-refractivity contribution in [1.29, 1.82) is 0 Å². The molecule has 0 aromatic carbocycles. The molecular formula is C11H17Cl2N3. The Kier molecular flexibility index (Phi) is 4.99. The molecule has 90 valence electrons. The van der Waals surface area contributed by atoms with Gasteiger partial charge in [-0.3, -0.25) is 9.88 Å². The molecule has 1 aromatic heterocycles. The highest BCUT2D eigenvalue weighted by molar-refractivity contribution is 6.31. The van der Waals surface area contributed by atoms with Crippen molar-refractivity contribution in [3.63, 3.8) is 0 Å². The van der Waals surface area contributed by atoms with Crippen LogP contribution in [0.3, 0.4) is 0 Å². The molecule has 5 heteroatoms. The molecule has 0 radical (unpaired) electrons. The third-order valence-corrected chi connectivity index (χ3v) is 3.34. The summed E-state index contributed by atoms with van der Waals surface area (Å²) in [4.78, 5) is 6.32. The fourth-order valence-corrected chi connectivity index (χ4v) is 2.18. The maximum absolute atomic E-state index is 6.06. The van der Waals surface area contributed by atoms with Gasteiger partial charge in [0.25, 0.3) is 0 Å². The van der Waals surface area contributed by atoms with Gasteiger partial charge in [0.2, 0.25) is 0 Å². The lowest BCUT2D eigenvalue weighted by molar-refractivity contribution is 0.319. The first-order valence-electron chi connectivity index (χ1n) is 5.23. The third-order valence-electron chi connectivity index (χ3n) is 3.00. The van der Waals surface area contributed by atoms with E-state index >= 15 is 0 Å². The maximum atomic E-state index is 6.06. The van der Waals surface area contributed by atoms with E-state index in [0.717, 1.165) is 30.2 Å². The number of nitrogens with zero attached hydrogens (tertiary/aromatic N) is 2. The monoisotopic (exact) mass is 261 g/mol. The van der Waals surface area contributed by atoms with E-state index in [1.54, 1.807) is 12.4 Å². The van der Waals surface area contributed by atoms with Gasteiger partial charge in [0.05, 0.1) is 5.02 Å². The zero-order valence-corrected chi connectivity index (χ0v) is 10.8. The average Bonchev–Trinajstić information content (AvgIpc) is 2.50. The topological polar surface area (TPSA) is 42.2 Å². The highest BCUT2D eigenvalue weighted by atomic mass is 35.5. The summed E-state index contributed by atoms with van der Waals surface area (Å²) in [7, 11) is 0. The highest BCUT2D eigenvalue weighted by Crippen LogP contribution is 2.20. The lowest BCUT2D eigenvalue weighted by atomic mass is 10.1. The summed E-state index contributed by atoms with van der Waals surface area (Å²) in [5.74, 6) is 0.575. The predicted octanol–water partition coefficient (Wildman–Crippen LogP) is 1.94. The van der Waals surface area contributed by atoms with Gasteiger partial charge in [0.15, 0.2) is 0 Å². The number of hydrogen-bond donors (Lipinski definition) is 1. The smallest absolute Gasteiger partial charge is 0.0634 e. The van der Waals surface area contributed by atoms with E-state index in [9.17, 15) is 0 Å². The SMILES string of the molecule is CC1CN(Cc2ccncc2Cl)CC1N.Cl. The van der Waals surface area contributed by atoms with Crippen molar-refractivity contribution in [3.05, 3.63) is 29.0 Å². The van der Waals surface area contributed by atoms with Crippen molar-refractivity contribution in [3.8, 4) is 0 Å². The van der Waals surface area contributed by atoms with E-state index in [4.69, 9.17) is 17.3 Å². The summed E-state index contributed by atoms with van der Waals surface area (Å²) < 4.78 is 0. The van der Waals surface area contributed by atoms with E-state index in [1.807, 2.05) is 6.07 Å². The molecule has 2 atom stereocenters. The lowest BCUT2D eigenvalue weighted by Gasteiger charge is -2.15. The molecule has 0 saturated carbocycles. The molecule has 0 spiro atoms. The Hall–Kier alpha value is -0.350. The van der Waals surface area contributed by atoms with Crippen LogP contribution < -0.4 is 5.73 Å². The predicted molar refractivity (Wildman–Crippen MR) is 68.9 cm³/mol. The minimum absolute atomic E-state index is 0. The molecule has 0 amide bonds. The molecule has 1 fully saturated rings. The second kappa shape index (κ2) is 5.82. The molecule has 2 heterocycles. The van der Waals surface area contributed by atoms with E-state index in [2.05, 4.69) is 16.8 Å². The molecule has 1 aromatic rings. The maximum Gasteiger partial charge on any atom is 0.0634 e. The Labute approximate surface area is 107 Å². The minimum Gasteiger partial charge on any atom is -0.326 e. The Morgan fingerprint density at radius 1 is 1.56 bits per heavy atom. The van der Waals surface area contributed by atoms with Gasteiger partial charge < -0.3 is 5.73 Å². The van der Waals surface area contributed by atoms with Crippen LogP contribution in [0.4, 0.5) is 0 Å². The molecule has 1 saturated heterocycles. The van der Waals surface area contributed by atoms with E-state index in [0.29, 0.717) is 12.0 Å². The number of hydrogen-bond acceptors (Lipinski definition) is 3. The van der Waals surface area contributed by atoms with Gasteiger partial charge in [0.1, 0.15) is 0 Å². The van der Waals surface area contributed by atoms with Gasteiger partial charge in [-0.2, -0.15) is 0 Å². The van der Waals surface area contributed by atoms with Crippen molar-refractivity contribution < 1.29 is 0 Å². The van der Waals surface area contributed by atoms with E-state index in [1.165, 1.54) is 0 Å². The number of halogens is 2. The van der Waals surface area contributed by atoms with E-state index < -0.39 is 0 Å². The van der Waals surface area contributed by atoms with Crippen molar-refractivity contribution in [2.75, 3.05) is 13.1 Å². The molecular weight excluding hydrogens is 245 g/mol. The second-order valence-electron chi connectivity index (χ2n) is 4.30. The summed E-state index contributed by atoms with van der Waals surface area (Å²) in [5, 5.41) is 0.741. The van der Waals surface area contributed by atoms with Crippen LogP contribution in [0.1, 0.15) is 12.5 Å². The van der Waals surface area contributed by atoms with Crippen LogP contribution in [0.2, 0.25) is 5.02 Å². The summed E-state index contributed by atoms with van der Waals surface area (Å²) in [6.07, 6.45) is 3.47. The molecule has 1 aliphatic rings. The standard InChI is InChI=1S/C11H16ClN3.ClH/c1-8-5-15(7-11(8)13)6-9-2-3-14-4-10(9)12;/h2-4,8,11H,5-7,13H2,1H3;1H. The average molecular weight is 262 g/mol. The van der Waals surface area contributed by atoms with Crippen LogP contribution in [0.5, 0.6) is 0 Å². The zero-order valence-electron chi connectivity index (χ0n) is 9.27. The first-order valence-corrected chi connectivity index (χ1v) is 5.61. The third kappa shape index (κ3) is 3.08. The van der Waals surface area contributed by atoms with Gasteiger partial charge in [0, 0.05) is 38.1 Å². The van der Waals surface area contributed by atoms with Crippen LogP contribution in [0, 0.1) is 5.92 Å². The van der Waals surface area contributed by atoms with Crippen LogP contribution >= 0.6 is 24.0 Å². The van der Waals surface area contributed by atoms with Gasteiger partial charge in [-0.1, -0.05) is 18.5 Å². The summed E-state index contributed by atoms with van der Waals surface area (Å²) in [6, 6.07) is 2.27. The molecule has 1 aliphatic heterocycles. The summed E-state index contributed by atoms with van der Waals surface area (Å²) in [5.41, 5.74) is 7.11. The number of pyridine rings is 1. The van der Waals surface area contributed by atoms with Crippen molar-refractivity contribution in [1.82, 2.24) is 9.88 Å². The van der Waals surface area contributed by atoms with Crippen LogP contribution in [-0.4, -0.2) is 29.0 Å².